The zero-order chi connectivity index (χ0) is 13.8. The number of morpholine rings is 1. The monoisotopic (exact) mass is 284 g/mol. The number of ether oxygens (including phenoxy) is 1. The Kier molecular flexibility index (Phi) is 4.81. The average molecular weight is 284 g/mol. The molecule has 1 saturated heterocycles. The van der Waals surface area contributed by atoms with Crippen molar-refractivity contribution >= 4 is 17.7 Å². The van der Waals surface area contributed by atoms with E-state index in [2.05, 4.69) is 15.2 Å². The zero-order valence-electron chi connectivity index (χ0n) is 11.5. The highest BCUT2D eigenvalue weighted by Gasteiger charge is 2.27. The van der Waals surface area contributed by atoms with Gasteiger partial charge in [0.2, 0.25) is 5.91 Å². The van der Waals surface area contributed by atoms with E-state index >= 15 is 0 Å². The Balaban J connectivity index is 2.02. The standard InChI is InChI=1S/C12H20N4O2S/c1-8(2)11-13-12(15-14-11)9-6-16(4-5-18-9)10(17)7-19-3/h8-9H,4-7H2,1-3H3,(H,13,14,15)/t9-/m1/s1. The molecule has 1 atom stereocenters. The molecule has 0 saturated carbocycles. The molecule has 0 unspecified atom stereocenters. The summed E-state index contributed by atoms with van der Waals surface area (Å²) in [5, 5.41) is 7.09. The summed E-state index contributed by atoms with van der Waals surface area (Å²) in [5.74, 6) is 2.45. The lowest BCUT2D eigenvalue weighted by Crippen LogP contribution is -2.43. The first-order valence-corrected chi connectivity index (χ1v) is 7.81. The van der Waals surface area contributed by atoms with Gasteiger partial charge in [-0.2, -0.15) is 16.9 Å². The highest BCUT2D eigenvalue weighted by molar-refractivity contribution is 7.99. The van der Waals surface area contributed by atoms with E-state index in [-0.39, 0.29) is 17.9 Å². The van der Waals surface area contributed by atoms with Crippen LogP contribution in [0.5, 0.6) is 0 Å². The maximum atomic E-state index is 11.9. The predicted molar refractivity (Wildman–Crippen MR) is 74.1 cm³/mol. The molecular formula is C12H20N4O2S. The number of nitrogens with one attached hydrogen (secondary N) is 1. The third-order valence-corrected chi connectivity index (χ3v) is 3.56. The van der Waals surface area contributed by atoms with Crippen LogP contribution < -0.4 is 0 Å². The summed E-state index contributed by atoms with van der Waals surface area (Å²) in [4.78, 5) is 18.2. The number of carbonyl (C=O) groups is 1. The van der Waals surface area contributed by atoms with Gasteiger partial charge in [-0.1, -0.05) is 13.8 Å². The van der Waals surface area contributed by atoms with Gasteiger partial charge in [0.05, 0.1) is 18.9 Å². The van der Waals surface area contributed by atoms with Crippen molar-refractivity contribution in [3.8, 4) is 0 Å². The number of H-pyrrole nitrogens is 1. The number of thioether (sulfide) groups is 1. The summed E-state index contributed by atoms with van der Waals surface area (Å²) < 4.78 is 5.68. The Morgan fingerprint density at radius 3 is 3.05 bits per heavy atom. The normalized spacial score (nSPS) is 20.0. The summed E-state index contributed by atoms with van der Waals surface area (Å²) >= 11 is 1.54. The quantitative estimate of drug-likeness (QED) is 0.899. The van der Waals surface area contributed by atoms with Gasteiger partial charge in [0.1, 0.15) is 6.10 Å². The van der Waals surface area contributed by atoms with Crippen LogP contribution in [0.3, 0.4) is 0 Å². The lowest BCUT2D eigenvalue weighted by atomic mass is 10.2. The Bertz CT molecular complexity index is 435. The fraction of sp³-hybridized carbons (Fsp3) is 0.750. The van der Waals surface area contributed by atoms with Crippen LogP contribution in [-0.2, 0) is 9.53 Å². The van der Waals surface area contributed by atoms with Crippen molar-refractivity contribution < 1.29 is 9.53 Å². The second-order valence-corrected chi connectivity index (χ2v) is 5.73. The maximum Gasteiger partial charge on any atom is 0.232 e. The van der Waals surface area contributed by atoms with Crippen LogP contribution in [0.25, 0.3) is 0 Å². The molecule has 1 fully saturated rings. The first-order chi connectivity index (χ1) is 9.11. The van der Waals surface area contributed by atoms with Gasteiger partial charge >= 0.3 is 0 Å². The molecule has 0 bridgehead atoms. The molecule has 1 aliphatic rings. The molecule has 0 aliphatic carbocycles. The number of aromatic amines is 1. The molecule has 1 aliphatic heterocycles. The van der Waals surface area contributed by atoms with Gasteiger partial charge in [0.25, 0.3) is 0 Å². The smallest absolute Gasteiger partial charge is 0.232 e. The fourth-order valence-electron chi connectivity index (χ4n) is 1.95. The summed E-state index contributed by atoms with van der Waals surface area (Å²) in [6.45, 7) is 5.83. The summed E-state index contributed by atoms with van der Waals surface area (Å²) in [5.41, 5.74) is 0. The minimum Gasteiger partial charge on any atom is -0.367 e. The van der Waals surface area contributed by atoms with Crippen LogP contribution >= 0.6 is 11.8 Å². The Hall–Kier alpha value is -1.08. The summed E-state index contributed by atoms with van der Waals surface area (Å²) in [7, 11) is 0. The minimum atomic E-state index is -0.195. The van der Waals surface area contributed by atoms with E-state index in [9.17, 15) is 4.79 Å². The second kappa shape index (κ2) is 6.38. The van der Waals surface area contributed by atoms with E-state index < -0.39 is 0 Å². The molecule has 19 heavy (non-hydrogen) atoms. The number of aromatic nitrogens is 3. The van der Waals surface area contributed by atoms with Gasteiger partial charge in [-0.15, -0.1) is 0 Å². The Morgan fingerprint density at radius 2 is 2.42 bits per heavy atom. The number of hydrogen-bond donors (Lipinski definition) is 1. The van der Waals surface area contributed by atoms with Gasteiger partial charge in [-0.25, -0.2) is 4.98 Å². The zero-order valence-corrected chi connectivity index (χ0v) is 12.4. The van der Waals surface area contributed by atoms with E-state index in [1.54, 1.807) is 11.8 Å². The molecule has 2 heterocycles. The summed E-state index contributed by atoms with van der Waals surface area (Å²) in [6.07, 6.45) is 1.74. The minimum absolute atomic E-state index is 0.157. The first kappa shape index (κ1) is 14.3. The van der Waals surface area contributed by atoms with Crippen molar-refractivity contribution in [3.63, 3.8) is 0 Å². The number of carbonyl (C=O) groups excluding carboxylic acids is 1. The molecule has 1 aromatic rings. The van der Waals surface area contributed by atoms with E-state index in [0.29, 0.717) is 31.3 Å². The van der Waals surface area contributed by atoms with Gasteiger partial charge in [0, 0.05) is 12.5 Å². The fourth-order valence-corrected chi connectivity index (χ4v) is 2.38. The second-order valence-electron chi connectivity index (χ2n) is 4.87. The van der Waals surface area contributed by atoms with Gasteiger partial charge < -0.3 is 9.64 Å². The van der Waals surface area contributed by atoms with Crippen molar-refractivity contribution in [2.75, 3.05) is 31.7 Å². The molecule has 1 amide bonds. The molecule has 2 rings (SSSR count). The average Bonchev–Trinajstić information content (AvgIpc) is 2.89. The molecule has 0 aromatic carbocycles. The number of hydrogen-bond acceptors (Lipinski definition) is 5. The number of amides is 1. The highest BCUT2D eigenvalue weighted by Crippen LogP contribution is 2.21. The van der Waals surface area contributed by atoms with Crippen LogP contribution in [0.2, 0.25) is 0 Å². The van der Waals surface area contributed by atoms with Crippen molar-refractivity contribution in [3.05, 3.63) is 11.6 Å². The van der Waals surface area contributed by atoms with Crippen LogP contribution in [-0.4, -0.2) is 57.7 Å². The van der Waals surface area contributed by atoms with Crippen LogP contribution in [0.15, 0.2) is 0 Å². The van der Waals surface area contributed by atoms with Crippen LogP contribution in [0.4, 0.5) is 0 Å². The highest BCUT2D eigenvalue weighted by atomic mass is 32.2. The van der Waals surface area contributed by atoms with E-state index in [4.69, 9.17) is 4.74 Å². The summed E-state index contributed by atoms with van der Waals surface area (Å²) in [6, 6.07) is 0. The van der Waals surface area contributed by atoms with Crippen molar-refractivity contribution in [1.82, 2.24) is 20.1 Å². The molecule has 106 valence electrons. The Morgan fingerprint density at radius 1 is 1.63 bits per heavy atom. The third-order valence-electron chi connectivity index (χ3n) is 3.03. The third kappa shape index (κ3) is 3.48. The molecule has 7 heteroatoms. The first-order valence-electron chi connectivity index (χ1n) is 6.42. The lowest BCUT2D eigenvalue weighted by molar-refractivity contribution is -0.136. The predicted octanol–water partition coefficient (Wildman–Crippen LogP) is 1.19. The largest absolute Gasteiger partial charge is 0.367 e. The maximum absolute atomic E-state index is 11.9. The van der Waals surface area contributed by atoms with Crippen LogP contribution in [0.1, 0.15) is 37.5 Å². The van der Waals surface area contributed by atoms with Crippen LogP contribution in [0, 0.1) is 0 Å². The van der Waals surface area contributed by atoms with Gasteiger partial charge in [-0.05, 0) is 6.26 Å². The molecule has 6 nitrogen and oxygen atoms in total. The van der Waals surface area contributed by atoms with E-state index in [1.807, 2.05) is 25.0 Å². The van der Waals surface area contributed by atoms with Gasteiger partial charge in [-0.3, -0.25) is 9.89 Å². The van der Waals surface area contributed by atoms with E-state index in [1.165, 1.54) is 0 Å². The number of nitrogens with zero attached hydrogens (tertiary/aromatic N) is 3. The Labute approximate surface area is 117 Å². The van der Waals surface area contributed by atoms with Gasteiger partial charge in [0.15, 0.2) is 11.6 Å². The number of rotatable bonds is 4. The molecule has 0 spiro atoms. The molecule has 1 N–H and O–H groups in total. The van der Waals surface area contributed by atoms with E-state index in [0.717, 1.165) is 5.82 Å². The SMILES string of the molecule is CSCC(=O)N1CCO[C@@H](c2nc(C(C)C)n[nH]2)C1. The topological polar surface area (TPSA) is 71.1 Å². The van der Waals surface area contributed by atoms with Crippen molar-refractivity contribution in [2.24, 2.45) is 0 Å². The molecule has 1 aromatic heterocycles. The molecular weight excluding hydrogens is 264 g/mol. The molecule has 0 radical (unpaired) electrons. The van der Waals surface area contributed by atoms with Crippen molar-refractivity contribution in [1.29, 1.82) is 0 Å². The lowest BCUT2D eigenvalue weighted by Gasteiger charge is -2.31. The van der Waals surface area contributed by atoms with Crippen molar-refractivity contribution in [2.45, 2.75) is 25.9 Å².